The van der Waals surface area contributed by atoms with Gasteiger partial charge in [0.1, 0.15) is 17.5 Å². The van der Waals surface area contributed by atoms with Gasteiger partial charge in [-0.25, -0.2) is 14.2 Å². The predicted octanol–water partition coefficient (Wildman–Crippen LogP) is 2.85. The third-order valence-corrected chi connectivity index (χ3v) is 4.26. The maximum absolute atomic E-state index is 13.6. The van der Waals surface area contributed by atoms with Gasteiger partial charge in [-0.15, -0.1) is 5.48 Å². The van der Waals surface area contributed by atoms with Crippen molar-refractivity contribution in [3.8, 4) is 0 Å². The Bertz CT molecular complexity index is 1120. The highest BCUT2D eigenvalue weighted by atomic mass is 19.4. The summed E-state index contributed by atoms with van der Waals surface area (Å²) in [5, 5.41) is 2.91. The molecule has 3 rings (SSSR count). The fraction of sp³-hybridized carbons (Fsp3) is 0.200. The van der Waals surface area contributed by atoms with Crippen LogP contribution in [-0.4, -0.2) is 29.2 Å². The zero-order valence-electron chi connectivity index (χ0n) is 16.7. The number of halogens is 4. The number of aliphatic imine (C=N–C) groups is 1. The van der Waals surface area contributed by atoms with E-state index >= 15 is 0 Å². The molecule has 5 N–H and O–H groups in total. The molecular formula is C20H21F4N6O+. The number of fused-ring (bicyclic) bond motifs is 1. The first-order valence-corrected chi connectivity index (χ1v) is 9.17. The van der Waals surface area contributed by atoms with E-state index < -0.39 is 17.6 Å². The minimum Gasteiger partial charge on any atom is -0.327 e. The van der Waals surface area contributed by atoms with Crippen LogP contribution in [0.25, 0.3) is 16.9 Å². The molecule has 0 fully saturated rings. The fourth-order valence-corrected chi connectivity index (χ4v) is 2.96. The Balaban J connectivity index is 1.99. The topological polar surface area (TPSA) is 94.1 Å². The number of hydrogen-bond donors (Lipinski definition) is 3. The minimum atomic E-state index is -4.43. The van der Waals surface area contributed by atoms with Crippen LogP contribution in [0.1, 0.15) is 11.4 Å². The lowest BCUT2D eigenvalue weighted by Gasteiger charge is -2.11. The van der Waals surface area contributed by atoms with Crippen molar-refractivity contribution in [1.29, 1.82) is 0 Å². The standard InChI is InChI=1S/C20H20F4N6O/c1-12-26-16-11-14(21)5-8-17(16)30(12)18(9-10-25)28-19(29-31-2)27-15-6-3-13(4-7-15)20(22,23)24/h3-9,11H,10,25H2,1-2H3,(H2,27,28,29)/p+1/b18-9+. The highest BCUT2D eigenvalue weighted by molar-refractivity contribution is 5.90. The molecule has 0 saturated heterocycles. The van der Waals surface area contributed by atoms with E-state index in [1.165, 1.54) is 36.9 Å². The highest BCUT2D eigenvalue weighted by Crippen LogP contribution is 2.29. The van der Waals surface area contributed by atoms with E-state index in [1.807, 2.05) is 0 Å². The van der Waals surface area contributed by atoms with Gasteiger partial charge in [-0.2, -0.15) is 18.2 Å². The van der Waals surface area contributed by atoms with Crippen LogP contribution in [0.15, 0.2) is 53.5 Å². The number of aromatic nitrogens is 2. The van der Waals surface area contributed by atoms with Gasteiger partial charge < -0.3 is 5.73 Å². The molecule has 0 spiro atoms. The lowest BCUT2D eigenvalue weighted by molar-refractivity contribution is -0.807. The molecule has 0 atom stereocenters. The van der Waals surface area contributed by atoms with Gasteiger partial charge in [0, 0.05) is 18.3 Å². The van der Waals surface area contributed by atoms with E-state index in [-0.39, 0.29) is 12.5 Å². The Morgan fingerprint density at radius 3 is 2.58 bits per heavy atom. The Hall–Kier alpha value is -3.28. The normalized spacial score (nSPS) is 13.1. The summed E-state index contributed by atoms with van der Waals surface area (Å²) in [6, 6.07) is 8.70. The van der Waals surface area contributed by atoms with Crippen molar-refractivity contribution < 1.29 is 27.9 Å². The van der Waals surface area contributed by atoms with Crippen molar-refractivity contribution in [2.45, 2.75) is 13.1 Å². The minimum absolute atomic E-state index is 0.152. The molecule has 0 bridgehead atoms. The molecule has 0 amide bonds. The van der Waals surface area contributed by atoms with Crippen LogP contribution in [0.2, 0.25) is 0 Å². The number of quaternary nitrogens is 1. The summed E-state index contributed by atoms with van der Waals surface area (Å²) in [6.07, 6.45) is -2.79. The van der Waals surface area contributed by atoms with Crippen LogP contribution in [-0.2, 0) is 11.0 Å². The molecule has 0 radical (unpaired) electrons. The first-order chi connectivity index (χ1) is 14.7. The van der Waals surface area contributed by atoms with Crippen LogP contribution >= 0.6 is 0 Å². The fourth-order valence-electron chi connectivity index (χ4n) is 2.96. The molecule has 11 heteroatoms. The summed E-state index contributed by atoms with van der Waals surface area (Å²) in [4.78, 5) is 13.9. The molecule has 0 aliphatic heterocycles. The van der Waals surface area contributed by atoms with E-state index in [0.717, 1.165) is 12.1 Å². The summed E-state index contributed by atoms with van der Waals surface area (Å²) < 4.78 is 53.6. The molecule has 0 aliphatic carbocycles. The Morgan fingerprint density at radius 1 is 1.26 bits per heavy atom. The van der Waals surface area contributed by atoms with Crippen molar-refractivity contribution in [3.63, 3.8) is 0 Å². The number of nitrogens with two attached hydrogens (primary N) is 2. The highest BCUT2D eigenvalue weighted by Gasteiger charge is 2.30. The first-order valence-electron chi connectivity index (χ1n) is 9.17. The van der Waals surface area contributed by atoms with Gasteiger partial charge in [-0.1, -0.05) is 0 Å². The van der Waals surface area contributed by atoms with Gasteiger partial charge in [0.2, 0.25) is 0 Å². The number of alkyl halides is 3. The van der Waals surface area contributed by atoms with Crippen LogP contribution in [0.5, 0.6) is 0 Å². The van der Waals surface area contributed by atoms with Crippen LogP contribution in [0.4, 0.5) is 23.2 Å². The number of hydroxylamine groups is 1. The average Bonchev–Trinajstić information content (AvgIpc) is 3.02. The number of benzene rings is 2. The van der Waals surface area contributed by atoms with Crippen molar-refractivity contribution in [2.24, 2.45) is 10.7 Å². The van der Waals surface area contributed by atoms with E-state index in [4.69, 9.17) is 10.6 Å². The SMILES string of the molecule is CO[NH2+]/C(=N\C(=C/CN)n1c(C)nc2cc(F)ccc21)Nc1ccc(C(F)(F)F)cc1. The summed E-state index contributed by atoms with van der Waals surface area (Å²) in [6.45, 7) is 1.89. The molecule has 0 aliphatic rings. The third-order valence-electron chi connectivity index (χ3n) is 4.26. The molecule has 0 saturated carbocycles. The van der Waals surface area contributed by atoms with E-state index in [2.05, 4.69) is 15.3 Å². The van der Waals surface area contributed by atoms with Gasteiger partial charge >= 0.3 is 12.1 Å². The molecule has 1 heterocycles. The summed E-state index contributed by atoms with van der Waals surface area (Å²) >= 11 is 0. The Labute approximate surface area is 175 Å². The molecule has 31 heavy (non-hydrogen) atoms. The number of aryl methyl sites for hydroxylation is 1. The van der Waals surface area contributed by atoms with Crippen molar-refractivity contribution in [1.82, 2.24) is 9.55 Å². The maximum atomic E-state index is 13.6. The first kappa shape index (κ1) is 22.4. The van der Waals surface area contributed by atoms with Crippen LogP contribution < -0.4 is 16.5 Å². The Kier molecular flexibility index (Phi) is 6.68. The number of imidazole rings is 1. The van der Waals surface area contributed by atoms with Gasteiger partial charge in [0.05, 0.1) is 23.7 Å². The number of nitrogens with zero attached hydrogens (tertiary/aromatic N) is 3. The second kappa shape index (κ2) is 9.25. The monoisotopic (exact) mass is 437 g/mol. The summed E-state index contributed by atoms with van der Waals surface area (Å²) in [7, 11) is 1.41. The summed E-state index contributed by atoms with van der Waals surface area (Å²) in [5.41, 5.74) is 7.69. The molecule has 3 aromatic rings. The van der Waals surface area contributed by atoms with E-state index in [9.17, 15) is 17.6 Å². The largest absolute Gasteiger partial charge is 0.416 e. The van der Waals surface area contributed by atoms with Crippen molar-refractivity contribution >= 4 is 28.5 Å². The number of nitrogens with one attached hydrogen (secondary N) is 1. The summed E-state index contributed by atoms with van der Waals surface area (Å²) in [5.74, 6) is 0.736. The molecule has 0 unspecified atom stereocenters. The molecule has 1 aromatic heterocycles. The number of rotatable bonds is 5. The van der Waals surface area contributed by atoms with Gasteiger partial charge in [-0.3, -0.25) is 9.88 Å². The lowest BCUT2D eigenvalue weighted by Crippen LogP contribution is -2.88. The average molecular weight is 437 g/mol. The molecule has 164 valence electrons. The zero-order chi connectivity index (χ0) is 22.6. The third kappa shape index (κ3) is 5.26. The van der Waals surface area contributed by atoms with Gasteiger partial charge in [0.15, 0.2) is 0 Å². The van der Waals surface area contributed by atoms with Gasteiger partial charge in [0.25, 0.3) is 0 Å². The van der Waals surface area contributed by atoms with Crippen molar-refractivity contribution in [2.75, 3.05) is 19.0 Å². The number of hydrogen-bond acceptors (Lipinski definition) is 4. The number of anilines is 1. The lowest BCUT2D eigenvalue weighted by atomic mass is 10.2. The van der Waals surface area contributed by atoms with Gasteiger partial charge in [-0.05, 0) is 49.4 Å². The van der Waals surface area contributed by atoms with Crippen LogP contribution in [0, 0.1) is 12.7 Å². The molecule has 2 aromatic carbocycles. The smallest absolute Gasteiger partial charge is 0.327 e. The van der Waals surface area contributed by atoms with Crippen LogP contribution in [0.3, 0.4) is 0 Å². The van der Waals surface area contributed by atoms with E-state index in [0.29, 0.717) is 28.4 Å². The van der Waals surface area contributed by atoms with E-state index in [1.54, 1.807) is 23.6 Å². The quantitative estimate of drug-likeness (QED) is 0.248. The maximum Gasteiger partial charge on any atom is 0.416 e. The molecule has 7 nitrogen and oxygen atoms in total. The van der Waals surface area contributed by atoms with Crippen molar-refractivity contribution in [3.05, 3.63) is 65.7 Å². The Morgan fingerprint density at radius 2 is 1.97 bits per heavy atom. The number of guanidine groups is 1. The second-order valence-electron chi connectivity index (χ2n) is 6.48. The molecular weight excluding hydrogens is 416 g/mol. The second-order valence-corrected chi connectivity index (χ2v) is 6.48. The zero-order valence-corrected chi connectivity index (χ0v) is 16.7. The predicted molar refractivity (Wildman–Crippen MR) is 109 cm³/mol.